The van der Waals surface area contributed by atoms with Crippen LogP contribution in [0.25, 0.3) is 0 Å². The van der Waals surface area contributed by atoms with Crippen LogP contribution in [0.1, 0.15) is 69.1 Å². The van der Waals surface area contributed by atoms with Gasteiger partial charge in [0.25, 0.3) is 0 Å². The molecular formula is C21H30O2. The normalized spacial score (nSPS) is 11.4. The Hall–Kier alpha value is -1.72. The Kier molecular flexibility index (Phi) is 9.91. The fraction of sp³-hybridized carbons (Fsp3) is 0.524. The smallest absolute Gasteiger partial charge is 0.140 e. The molecule has 0 saturated heterocycles. The minimum Gasteiger partial charge on any atom is -0.496 e. The van der Waals surface area contributed by atoms with E-state index in [-0.39, 0.29) is 0 Å². The molecule has 0 aliphatic carbocycles. The van der Waals surface area contributed by atoms with E-state index in [9.17, 15) is 5.11 Å². The first kappa shape index (κ1) is 19.3. The van der Waals surface area contributed by atoms with E-state index in [1.807, 2.05) is 24.3 Å². The third-order valence-corrected chi connectivity index (χ3v) is 3.93. The van der Waals surface area contributed by atoms with Gasteiger partial charge in [-0.3, -0.25) is 0 Å². The molecule has 0 aliphatic heterocycles. The summed E-state index contributed by atoms with van der Waals surface area (Å²) >= 11 is 0. The monoisotopic (exact) mass is 314 g/mol. The zero-order chi connectivity index (χ0) is 16.9. The summed E-state index contributed by atoms with van der Waals surface area (Å²) < 4.78 is 5.37. The number of aliphatic hydroxyl groups excluding tert-OH is 1. The topological polar surface area (TPSA) is 29.5 Å². The lowest BCUT2D eigenvalue weighted by atomic mass is 9.98. The fourth-order valence-corrected chi connectivity index (χ4v) is 2.63. The van der Waals surface area contributed by atoms with Crippen LogP contribution in [-0.2, 0) is 6.42 Å². The Morgan fingerprint density at radius 3 is 2.65 bits per heavy atom. The highest BCUT2D eigenvalue weighted by Crippen LogP contribution is 2.27. The maximum absolute atomic E-state index is 10.4. The van der Waals surface area contributed by atoms with Gasteiger partial charge in [0.05, 0.1) is 7.11 Å². The fourth-order valence-electron chi connectivity index (χ4n) is 2.63. The van der Waals surface area contributed by atoms with Crippen molar-refractivity contribution in [2.45, 2.75) is 64.4 Å². The number of rotatable bonds is 10. The summed E-state index contributed by atoms with van der Waals surface area (Å²) in [5.74, 6) is 6.86. The zero-order valence-corrected chi connectivity index (χ0v) is 14.6. The molecule has 1 unspecified atom stereocenters. The molecule has 1 atom stereocenters. The highest BCUT2D eigenvalue weighted by molar-refractivity contribution is 5.44. The number of methoxy groups -OCH3 is 1. The molecule has 23 heavy (non-hydrogen) atoms. The Bertz CT molecular complexity index is 522. The molecular weight excluding hydrogens is 284 g/mol. The SMILES string of the molecule is C=CCc1c(OC)cccc1C(O)C#CCCCCCCCC. The van der Waals surface area contributed by atoms with Gasteiger partial charge in [-0.25, -0.2) is 0 Å². The second-order valence-corrected chi connectivity index (χ2v) is 5.76. The van der Waals surface area contributed by atoms with Gasteiger partial charge in [-0.05, 0) is 24.5 Å². The number of unbranched alkanes of at least 4 members (excludes halogenated alkanes) is 6. The average Bonchev–Trinajstić information content (AvgIpc) is 2.57. The highest BCUT2D eigenvalue weighted by Gasteiger charge is 2.13. The summed E-state index contributed by atoms with van der Waals surface area (Å²) in [4.78, 5) is 0. The minimum atomic E-state index is -0.764. The van der Waals surface area contributed by atoms with Crippen molar-refractivity contribution < 1.29 is 9.84 Å². The summed E-state index contributed by atoms with van der Waals surface area (Å²) in [5, 5.41) is 10.4. The van der Waals surface area contributed by atoms with Crippen LogP contribution in [0.3, 0.4) is 0 Å². The lowest BCUT2D eigenvalue weighted by Crippen LogP contribution is -2.02. The van der Waals surface area contributed by atoms with Crippen molar-refractivity contribution in [1.82, 2.24) is 0 Å². The van der Waals surface area contributed by atoms with Gasteiger partial charge in [-0.2, -0.15) is 0 Å². The summed E-state index contributed by atoms with van der Waals surface area (Å²) in [6.45, 7) is 6.00. The van der Waals surface area contributed by atoms with Crippen molar-refractivity contribution in [3.8, 4) is 17.6 Å². The number of hydrogen-bond donors (Lipinski definition) is 1. The number of allylic oxidation sites excluding steroid dienone is 1. The standard InChI is InChI=1S/C21H30O2/c1-4-6-7-8-9-10-11-12-16-20(22)18-15-13-17-21(23-3)19(18)14-5-2/h5,13,15,17,20,22H,2,4,6-11,14H2,1,3H3. The molecule has 0 amide bonds. The van der Waals surface area contributed by atoms with E-state index in [1.165, 1.54) is 32.1 Å². The van der Waals surface area contributed by atoms with Crippen molar-refractivity contribution in [1.29, 1.82) is 0 Å². The molecule has 126 valence electrons. The van der Waals surface area contributed by atoms with Crippen LogP contribution < -0.4 is 4.74 Å². The lowest BCUT2D eigenvalue weighted by molar-refractivity contribution is 0.236. The van der Waals surface area contributed by atoms with E-state index in [2.05, 4.69) is 25.3 Å². The second-order valence-electron chi connectivity index (χ2n) is 5.76. The van der Waals surface area contributed by atoms with Gasteiger partial charge < -0.3 is 9.84 Å². The predicted octanol–water partition coefficient (Wildman–Crippen LogP) is 5.21. The van der Waals surface area contributed by atoms with Crippen LogP contribution in [0.5, 0.6) is 5.75 Å². The summed E-state index contributed by atoms with van der Waals surface area (Å²) in [7, 11) is 1.64. The Morgan fingerprint density at radius 1 is 1.22 bits per heavy atom. The van der Waals surface area contributed by atoms with Crippen LogP contribution in [0, 0.1) is 11.8 Å². The van der Waals surface area contributed by atoms with Crippen LogP contribution >= 0.6 is 0 Å². The van der Waals surface area contributed by atoms with Gasteiger partial charge in [0, 0.05) is 12.0 Å². The quantitative estimate of drug-likeness (QED) is 0.365. The molecule has 0 aromatic heterocycles. The molecule has 0 radical (unpaired) electrons. The first-order valence-corrected chi connectivity index (χ1v) is 8.67. The van der Waals surface area contributed by atoms with Gasteiger partial charge in [0.15, 0.2) is 0 Å². The molecule has 2 heteroatoms. The number of aliphatic hydroxyl groups is 1. The van der Waals surface area contributed by atoms with Gasteiger partial charge in [-0.1, -0.05) is 63.2 Å². The molecule has 0 fully saturated rings. The summed E-state index contributed by atoms with van der Waals surface area (Å²) in [5.41, 5.74) is 1.78. The molecule has 1 aromatic carbocycles. The molecule has 1 rings (SSSR count). The Balaban J connectivity index is 2.56. The summed E-state index contributed by atoms with van der Waals surface area (Å²) in [6.07, 6.45) is 10.1. The molecule has 1 N–H and O–H groups in total. The predicted molar refractivity (Wildman–Crippen MR) is 97.6 cm³/mol. The van der Waals surface area contributed by atoms with Crippen LogP contribution in [-0.4, -0.2) is 12.2 Å². The molecule has 1 aromatic rings. The average molecular weight is 314 g/mol. The van der Waals surface area contributed by atoms with E-state index in [4.69, 9.17) is 4.74 Å². The van der Waals surface area contributed by atoms with E-state index >= 15 is 0 Å². The first-order valence-electron chi connectivity index (χ1n) is 8.67. The zero-order valence-electron chi connectivity index (χ0n) is 14.6. The number of benzene rings is 1. The van der Waals surface area contributed by atoms with Crippen molar-refractivity contribution in [3.63, 3.8) is 0 Å². The van der Waals surface area contributed by atoms with Gasteiger partial charge in [0.1, 0.15) is 11.9 Å². The largest absolute Gasteiger partial charge is 0.496 e. The summed E-state index contributed by atoms with van der Waals surface area (Å²) in [6, 6.07) is 5.70. The van der Waals surface area contributed by atoms with Gasteiger partial charge >= 0.3 is 0 Å². The molecule has 0 spiro atoms. The number of ether oxygens (including phenoxy) is 1. The Labute approximate surface area is 141 Å². The van der Waals surface area contributed by atoms with Crippen molar-refractivity contribution >= 4 is 0 Å². The van der Waals surface area contributed by atoms with E-state index < -0.39 is 6.10 Å². The minimum absolute atomic E-state index is 0.662. The van der Waals surface area contributed by atoms with Crippen LogP contribution in [0.2, 0.25) is 0 Å². The van der Waals surface area contributed by atoms with Crippen LogP contribution in [0.4, 0.5) is 0 Å². The van der Waals surface area contributed by atoms with Crippen LogP contribution in [0.15, 0.2) is 30.9 Å². The van der Waals surface area contributed by atoms with Gasteiger partial charge in [-0.15, -0.1) is 12.5 Å². The first-order chi connectivity index (χ1) is 11.2. The van der Waals surface area contributed by atoms with Crippen molar-refractivity contribution in [2.24, 2.45) is 0 Å². The van der Waals surface area contributed by atoms with Crippen molar-refractivity contribution in [3.05, 3.63) is 42.0 Å². The molecule has 0 heterocycles. The lowest BCUT2D eigenvalue weighted by Gasteiger charge is -2.14. The molecule has 2 nitrogen and oxygen atoms in total. The van der Waals surface area contributed by atoms with Gasteiger partial charge in [0.2, 0.25) is 0 Å². The second kappa shape index (κ2) is 11.8. The van der Waals surface area contributed by atoms with Crippen molar-refractivity contribution in [2.75, 3.05) is 7.11 Å². The third kappa shape index (κ3) is 6.93. The maximum atomic E-state index is 10.4. The van der Waals surface area contributed by atoms with E-state index in [1.54, 1.807) is 7.11 Å². The Morgan fingerprint density at radius 2 is 1.96 bits per heavy atom. The maximum Gasteiger partial charge on any atom is 0.140 e. The third-order valence-electron chi connectivity index (χ3n) is 3.93. The number of hydrogen-bond acceptors (Lipinski definition) is 2. The molecule has 0 bridgehead atoms. The molecule has 0 saturated carbocycles. The van der Waals surface area contributed by atoms with E-state index in [0.717, 1.165) is 29.7 Å². The molecule has 0 aliphatic rings. The highest BCUT2D eigenvalue weighted by atomic mass is 16.5. The van der Waals surface area contributed by atoms with E-state index in [0.29, 0.717) is 6.42 Å².